The summed E-state index contributed by atoms with van der Waals surface area (Å²) in [5, 5.41) is 9.39. The fourth-order valence-electron chi connectivity index (χ4n) is 3.24. The summed E-state index contributed by atoms with van der Waals surface area (Å²) in [7, 11) is 0. The fourth-order valence-corrected chi connectivity index (χ4v) is 4.55. The summed E-state index contributed by atoms with van der Waals surface area (Å²) in [5.41, 5.74) is 1.22. The largest absolute Gasteiger partial charge is 0.481 e. The van der Waals surface area contributed by atoms with E-state index in [-0.39, 0.29) is 12.0 Å². The van der Waals surface area contributed by atoms with Crippen LogP contribution in [0.3, 0.4) is 0 Å². The Morgan fingerprint density at radius 3 is 2.65 bits per heavy atom. The van der Waals surface area contributed by atoms with Crippen LogP contribution in [0.5, 0.6) is 0 Å². The monoisotopic (exact) mass is 393 g/mol. The fraction of sp³-hybridized carbons (Fsp3) is 0.389. The van der Waals surface area contributed by atoms with Gasteiger partial charge in [0, 0.05) is 20.8 Å². The van der Waals surface area contributed by atoms with E-state index in [1.54, 1.807) is 11.3 Å². The van der Waals surface area contributed by atoms with Crippen molar-refractivity contribution >= 4 is 33.2 Å². The van der Waals surface area contributed by atoms with Crippen LogP contribution in [0.15, 0.2) is 40.9 Å². The molecule has 0 spiro atoms. The first-order valence-electron chi connectivity index (χ1n) is 7.83. The van der Waals surface area contributed by atoms with Crippen molar-refractivity contribution in [3.05, 3.63) is 56.2 Å². The van der Waals surface area contributed by atoms with Crippen LogP contribution in [0.2, 0.25) is 0 Å². The number of aryl methyl sites for hydroxylation is 1. The van der Waals surface area contributed by atoms with E-state index in [4.69, 9.17) is 0 Å². The molecule has 0 aliphatic carbocycles. The molecule has 3 rings (SSSR count). The zero-order valence-electron chi connectivity index (χ0n) is 13.0. The van der Waals surface area contributed by atoms with Crippen molar-refractivity contribution in [3.8, 4) is 0 Å². The van der Waals surface area contributed by atoms with Crippen molar-refractivity contribution in [2.75, 3.05) is 13.1 Å². The molecule has 0 saturated carbocycles. The molecular formula is C18H20BrNO2S. The van der Waals surface area contributed by atoms with E-state index in [0.29, 0.717) is 6.54 Å². The van der Waals surface area contributed by atoms with Gasteiger partial charge in [-0.1, -0.05) is 28.1 Å². The predicted molar refractivity (Wildman–Crippen MR) is 97.0 cm³/mol. The normalized spacial score (nSPS) is 20.3. The van der Waals surface area contributed by atoms with Gasteiger partial charge in [0.1, 0.15) is 0 Å². The summed E-state index contributed by atoms with van der Waals surface area (Å²) in [5.74, 6) is -0.936. The highest BCUT2D eigenvalue weighted by molar-refractivity contribution is 9.10. The number of benzene rings is 1. The first-order chi connectivity index (χ1) is 11.0. The van der Waals surface area contributed by atoms with Crippen LogP contribution in [0.4, 0.5) is 0 Å². The maximum Gasteiger partial charge on any atom is 0.307 e. The van der Waals surface area contributed by atoms with E-state index >= 15 is 0 Å². The summed E-state index contributed by atoms with van der Waals surface area (Å²) >= 11 is 5.29. The van der Waals surface area contributed by atoms with Crippen LogP contribution < -0.4 is 0 Å². The molecule has 1 aromatic carbocycles. The maximum absolute atomic E-state index is 11.4. The van der Waals surface area contributed by atoms with Crippen LogP contribution >= 0.6 is 27.3 Å². The number of hydrogen-bond acceptors (Lipinski definition) is 3. The Kier molecular flexibility index (Phi) is 5.19. The van der Waals surface area contributed by atoms with Gasteiger partial charge in [0.25, 0.3) is 0 Å². The molecule has 23 heavy (non-hydrogen) atoms. The molecule has 3 nitrogen and oxygen atoms in total. The Morgan fingerprint density at radius 1 is 1.30 bits per heavy atom. The van der Waals surface area contributed by atoms with E-state index in [0.717, 1.165) is 23.9 Å². The summed E-state index contributed by atoms with van der Waals surface area (Å²) in [6, 6.07) is 12.8. The molecular weight excluding hydrogens is 374 g/mol. The summed E-state index contributed by atoms with van der Waals surface area (Å²) < 4.78 is 1.06. The summed E-state index contributed by atoms with van der Waals surface area (Å²) in [6.07, 6.45) is 1.72. The van der Waals surface area contributed by atoms with Crippen LogP contribution in [0.1, 0.15) is 34.2 Å². The van der Waals surface area contributed by atoms with Crippen LogP contribution in [-0.4, -0.2) is 29.1 Å². The van der Waals surface area contributed by atoms with Gasteiger partial charge in [-0.3, -0.25) is 9.69 Å². The van der Waals surface area contributed by atoms with E-state index < -0.39 is 5.97 Å². The Bertz CT molecular complexity index is 683. The lowest BCUT2D eigenvalue weighted by molar-refractivity contribution is -0.143. The molecule has 0 bridgehead atoms. The minimum absolute atomic E-state index is 0.143. The molecule has 1 aromatic heterocycles. The third-order valence-corrected chi connectivity index (χ3v) is 5.97. The molecule has 2 heterocycles. The van der Waals surface area contributed by atoms with Gasteiger partial charge >= 0.3 is 5.97 Å². The Labute approximate surface area is 149 Å². The van der Waals surface area contributed by atoms with Gasteiger partial charge in [-0.15, -0.1) is 11.3 Å². The van der Waals surface area contributed by atoms with E-state index in [2.05, 4.69) is 64.2 Å². The number of carboxylic acids is 1. The number of piperidine rings is 1. The maximum atomic E-state index is 11.4. The highest BCUT2D eigenvalue weighted by atomic mass is 79.9. The third-order valence-electron chi connectivity index (χ3n) is 4.38. The predicted octanol–water partition coefficient (Wildman–Crippen LogP) is 4.71. The molecule has 0 radical (unpaired) electrons. The van der Waals surface area contributed by atoms with Crippen molar-refractivity contribution in [1.29, 1.82) is 0 Å². The van der Waals surface area contributed by atoms with Gasteiger partial charge in [0.05, 0.1) is 12.0 Å². The van der Waals surface area contributed by atoms with Crippen LogP contribution in [-0.2, 0) is 4.79 Å². The molecule has 1 fully saturated rings. The number of nitrogens with zero attached hydrogens (tertiary/aromatic N) is 1. The van der Waals surface area contributed by atoms with Crippen LogP contribution in [0.25, 0.3) is 0 Å². The second-order valence-corrected chi connectivity index (χ2v) is 8.31. The molecule has 1 aliphatic rings. The van der Waals surface area contributed by atoms with Crippen molar-refractivity contribution in [2.24, 2.45) is 5.92 Å². The summed E-state index contributed by atoms with van der Waals surface area (Å²) in [4.78, 5) is 16.3. The number of rotatable bonds is 4. The van der Waals surface area contributed by atoms with Gasteiger partial charge in [-0.25, -0.2) is 0 Å². The van der Waals surface area contributed by atoms with E-state index in [9.17, 15) is 9.90 Å². The number of hydrogen-bond donors (Lipinski definition) is 1. The Balaban J connectivity index is 1.94. The topological polar surface area (TPSA) is 40.5 Å². The van der Waals surface area contributed by atoms with Crippen molar-refractivity contribution in [1.82, 2.24) is 4.90 Å². The van der Waals surface area contributed by atoms with Gasteiger partial charge in [0.2, 0.25) is 0 Å². The molecule has 2 unspecified atom stereocenters. The molecule has 1 N–H and O–H groups in total. The van der Waals surface area contributed by atoms with Crippen LogP contribution in [0, 0.1) is 12.8 Å². The van der Waals surface area contributed by atoms with E-state index in [1.807, 2.05) is 0 Å². The standard InChI is InChI=1S/C18H20BrNO2S/c1-12-4-9-16(23-12)17(13-5-7-15(19)8-6-13)20-10-2-3-14(11-20)18(21)22/h4-9,14,17H,2-3,10-11H2,1H3,(H,21,22). The molecule has 1 aliphatic heterocycles. The minimum atomic E-state index is -0.674. The highest BCUT2D eigenvalue weighted by Crippen LogP contribution is 2.36. The van der Waals surface area contributed by atoms with Gasteiger partial charge in [-0.05, 0) is 56.1 Å². The zero-order chi connectivity index (χ0) is 16.4. The van der Waals surface area contributed by atoms with Crippen molar-refractivity contribution < 1.29 is 9.90 Å². The summed E-state index contributed by atoms with van der Waals surface area (Å²) in [6.45, 7) is 3.68. The number of aliphatic carboxylic acids is 1. The minimum Gasteiger partial charge on any atom is -0.481 e. The second kappa shape index (κ2) is 7.16. The van der Waals surface area contributed by atoms with Crippen molar-refractivity contribution in [3.63, 3.8) is 0 Å². The Hall–Kier alpha value is -1.17. The first-order valence-corrected chi connectivity index (χ1v) is 9.44. The van der Waals surface area contributed by atoms with Gasteiger partial charge in [-0.2, -0.15) is 0 Å². The number of likely N-dealkylation sites (tertiary alicyclic amines) is 1. The van der Waals surface area contributed by atoms with Crippen molar-refractivity contribution in [2.45, 2.75) is 25.8 Å². The lowest BCUT2D eigenvalue weighted by Crippen LogP contribution is -2.41. The highest BCUT2D eigenvalue weighted by Gasteiger charge is 2.31. The molecule has 122 valence electrons. The number of halogens is 1. The Morgan fingerprint density at radius 2 is 2.04 bits per heavy atom. The molecule has 2 aromatic rings. The van der Waals surface area contributed by atoms with E-state index in [1.165, 1.54) is 15.3 Å². The molecule has 5 heteroatoms. The lowest BCUT2D eigenvalue weighted by Gasteiger charge is -2.37. The molecule has 1 saturated heterocycles. The second-order valence-electron chi connectivity index (χ2n) is 6.07. The quantitative estimate of drug-likeness (QED) is 0.817. The first kappa shape index (κ1) is 16.7. The number of carbonyl (C=O) groups is 1. The smallest absolute Gasteiger partial charge is 0.307 e. The lowest BCUT2D eigenvalue weighted by atomic mass is 9.94. The zero-order valence-corrected chi connectivity index (χ0v) is 15.4. The molecule has 0 amide bonds. The SMILES string of the molecule is Cc1ccc(C(c2ccc(Br)cc2)N2CCCC(C(=O)O)C2)s1. The number of thiophene rings is 1. The average Bonchev–Trinajstić information content (AvgIpc) is 2.96. The van der Waals surface area contributed by atoms with Gasteiger partial charge in [0.15, 0.2) is 0 Å². The average molecular weight is 394 g/mol. The van der Waals surface area contributed by atoms with Gasteiger partial charge < -0.3 is 5.11 Å². The third kappa shape index (κ3) is 3.84. The molecule has 2 atom stereocenters. The number of carboxylic acid groups (broad SMARTS) is 1.